The zero-order valence-corrected chi connectivity index (χ0v) is 5.52. The van der Waals surface area contributed by atoms with Crippen LogP contribution in [0.1, 0.15) is 0 Å². The first kappa shape index (κ1) is 5.79. The highest BCUT2D eigenvalue weighted by molar-refractivity contribution is 8.13. The fourth-order valence-electron chi connectivity index (χ4n) is 0.466. The summed E-state index contributed by atoms with van der Waals surface area (Å²) in [6, 6.07) is 0. The van der Waals surface area contributed by atoms with Gasteiger partial charge < -0.3 is 4.18 Å². The van der Waals surface area contributed by atoms with Crippen molar-refractivity contribution in [1.82, 2.24) is 0 Å². The van der Waals surface area contributed by atoms with E-state index in [2.05, 4.69) is 0 Å². The van der Waals surface area contributed by atoms with Crippen LogP contribution >= 0.6 is 10.8 Å². The van der Waals surface area contributed by atoms with Crippen LogP contribution in [0.15, 0.2) is 23.6 Å². The molecular weight excluding hydrogens is 120 g/mol. The Morgan fingerprint density at radius 2 is 2.12 bits per heavy atom. The van der Waals surface area contributed by atoms with E-state index in [-0.39, 0.29) is 10.8 Å². The summed E-state index contributed by atoms with van der Waals surface area (Å²) in [7, 11) is 1.67. The van der Waals surface area contributed by atoms with Gasteiger partial charge in [-0.1, -0.05) is 18.2 Å². The van der Waals surface area contributed by atoms with Gasteiger partial charge in [-0.25, -0.2) is 0 Å². The van der Waals surface area contributed by atoms with Crippen molar-refractivity contribution in [2.75, 3.05) is 7.11 Å². The van der Waals surface area contributed by atoms with Crippen molar-refractivity contribution in [3.05, 3.63) is 23.6 Å². The van der Waals surface area contributed by atoms with Crippen LogP contribution in [0.2, 0.25) is 0 Å². The van der Waals surface area contributed by atoms with E-state index in [9.17, 15) is 0 Å². The van der Waals surface area contributed by atoms with Crippen LogP contribution in [-0.4, -0.2) is 12.5 Å². The second-order valence-corrected chi connectivity index (χ2v) is 2.88. The third-order valence-corrected chi connectivity index (χ3v) is 2.08. The van der Waals surface area contributed by atoms with Gasteiger partial charge in [0.2, 0.25) is 0 Å². The molecule has 0 aromatic heterocycles. The molecule has 0 saturated heterocycles. The Morgan fingerprint density at radius 1 is 1.25 bits per heavy atom. The summed E-state index contributed by atoms with van der Waals surface area (Å²) in [5.74, 6) is 0. The zero-order chi connectivity index (χ0) is 5.82. The predicted molar refractivity (Wildman–Crippen MR) is 38.9 cm³/mol. The minimum absolute atomic E-state index is 0.0440. The van der Waals surface area contributed by atoms with E-state index in [1.807, 2.05) is 29.0 Å². The van der Waals surface area contributed by atoms with Gasteiger partial charge in [-0.05, 0) is 21.5 Å². The molecule has 1 aliphatic rings. The van der Waals surface area contributed by atoms with E-state index >= 15 is 0 Å². The minimum atomic E-state index is -0.0440. The Hall–Kier alpha value is -0.340. The maximum atomic E-state index is 5.03. The molecular formula is C6H8OS. The summed E-state index contributed by atoms with van der Waals surface area (Å²) in [6.07, 6.45) is 5.97. The molecule has 0 aromatic carbocycles. The molecule has 8 heavy (non-hydrogen) atoms. The molecule has 1 unspecified atom stereocenters. The van der Waals surface area contributed by atoms with E-state index < -0.39 is 0 Å². The highest BCUT2D eigenvalue weighted by Gasteiger charge is 1.83. The van der Waals surface area contributed by atoms with Gasteiger partial charge in [-0.3, -0.25) is 0 Å². The SMILES string of the molecule is COS1=CC=CC=C1. The maximum Gasteiger partial charge on any atom is 0.0500 e. The molecule has 1 aliphatic heterocycles. The van der Waals surface area contributed by atoms with Gasteiger partial charge in [0.1, 0.15) is 0 Å². The molecule has 1 nitrogen and oxygen atoms in total. The van der Waals surface area contributed by atoms with Crippen molar-refractivity contribution in [1.29, 1.82) is 0 Å². The van der Waals surface area contributed by atoms with Crippen LogP contribution in [0.3, 0.4) is 0 Å². The fraction of sp³-hybridized carbons (Fsp3) is 0.167. The van der Waals surface area contributed by atoms with Crippen LogP contribution in [-0.2, 0) is 4.18 Å². The molecule has 0 spiro atoms. The fourth-order valence-corrected chi connectivity index (χ4v) is 1.27. The minimum Gasteiger partial charge on any atom is -0.322 e. The molecule has 0 aliphatic carbocycles. The Kier molecular flexibility index (Phi) is 2.06. The molecule has 0 aromatic rings. The van der Waals surface area contributed by atoms with Crippen molar-refractivity contribution in [3.63, 3.8) is 0 Å². The van der Waals surface area contributed by atoms with E-state index in [4.69, 9.17) is 4.18 Å². The summed E-state index contributed by atoms with van der Waals surface area (Å²) in [4.78, 5) is 0. The highest BCUT2D eigenvalue weighted by atomic mass is 32.2. The number of hydrogen-bond donors (Lipinski definition) is 0. The Labute approximate surface area is 51.8 Å². The van der Waals surface area contributed by atoms with Gasteiger partial charge in [0.25, 0.3) is 0 Å². The number of allylic oxidation sites excluding steroid dienone is 3. The Balaban J connectivity index is 2.68. The maximum absolute atomic E-state index is 5.03. The number of hydrogen-bond acceptors (Lipinski definition) is 1. The molecule has 44 valence electrons. The topological polar surface area (TPSA) is 9.23 Å². The number of rotatable bonds is 1. The van der Waals surface area contributed by atoms with Gasteiger partial charge in [-0.2, -0.15) is 0 Å². The third kappa shape index (κ3) is 1.32. The summed E-state index contributed by atoms with van der Waals surface area (Å²) >= 11 is 0. The second kappa shape index (κ2) is 2.84. The first-order valence-corrected chi connectivity index (χ1v) is 3.66. The Bertz CT molecular complexity index is 156. The molecule has 1 atom stereocenters. The first-order chi connectivity index (χ1) is 3.93. The summed E-state index contributed by atoms with van der Waals surface area (Å²) < 4.78 is 5.03. The van der Waals surface area contributed by atoms with E-state index in [0.29, 0.717) is 0 Å². The average molecular weight is 128 g/mol. The van der Waals surface area contributed by atoms with Gasteiger partial charge in [0, 0.05) is 0 Å². The van der Waals surface area contributed by atoms with Crippen molar-refractivity contribution in [3.8, 4) is 0 Å². The van der Waals surface area contributed by atoms with Crippen molar-refractivity contribution >= 4 is 16.1 Å². The molecule has 1 heterocycles. The zero-order valence-electron chi connectivity index (χ0n) is 4.70. The predicted octanol–water partition coefficient (Wildman–Crippen LogP) is 1.70. The molecule has 0 saturated carbocycles. The Morgan fingerprint density at radius 3 is 2.50 bits per heavy atom. The first-order valence-electron chi connectivity index (χ1n) is 2.38. The standard InChI is InChI=1S/C6H8OS/c1-7-8-5-3-2-4-6-8/h2-6H,1H3. The van der Waals surface area contributed by atoms with Crippen molar-refractivity contribution < 1.29 is 4.18 Å². The normalized spacial score (nSPS) is 25.4. The second-order valence-electron chi connectivity index (χ2n) is 1.34. The lowest BCUT2D eigenvalue weighted by Gasteiger charge is -1.98. The van der Waals surface area contributed by atoms with Crippen molar-refractivity contribution in [2.45, 2.75) is 0 Å². The molecule has 0 N–H and O–H groups in total. The van der Waals surface area contributed by atoms with Crippen LogP contribution in [0.4, 0.5) is 0 Å². The van der Waals surface area contributed by atoms with Gasteiger partial charge in [0.05, 0.1) is 7.11 Å². The summed E-state index contributed by atoms with van der Waals surface area (Å²) in [5.41, 5.74) is 0. The molecule has 1 rings (SSSR count). The van der Waals surface area contributed by atoms with E-state index in [1.165, 1.54) is 0 Å². The monoisotopic (exact) mass is 128 g/mol. The highest BCUT2D eigenvalue weighted by Crippen LogP contribution is 2.15. The van der Waals surface area contributed by atoms with Gasteiger partial charge >= 0.3 is 0 Å². The van der Waals surface area contributed by atoms with E-state index in [0.717, 1.165) is 0 Å². The summed E-state index contributed by atoms with van der Waals surface area (Å²) in [5, 5.41) is 4.06. The lowest BCUT2D eigenvalue weighted by molar-refractivity contribution is 0.492. The lowest BCUT2D eigenvalue weighted by atomic mass is 10.5. The lowest BCUT2D eigenvalue weighted by Crippen LogP contribution is -1.75. The van der Waals surface area contributed by atoms with Crippen LogP contribution < -0.4 is 0 Å². The molecule has 0 radical (unpaired) electrons. The molecule has 2 heteroatoms. The van der Waals surface area contributed by atoms with Crippen LogP contribution in [0.25, 0.3) is 0 Å². The quantitative estimate of drug-likeness (QED) is 0.488. The molecule has 0 amide bonds. The average Bonchev–Trinajstić information content (AvgIpc) is 1.90. The van der Waals surface area contributed by atoms with Crippen molar-refractivity contribution in [2.24, 2.45) is 0 Å². The van der Waals surface area contributed by atoms with E-state index in [1.54, 1.807) is 7.11 Å². The summed E-state index contributed by atoms with van der Waals surface area (Å²) in [6.45, 7) is 0. The molecule has 0 bridgehead atoms. The molecule has 0 fully saturated rings. The van der Waals surface area contributed by atoms with Crippen LogP contribution in [0, 0.1) is 0 Å². The smallest absolute Gasteiger partial charge is 0.0500 e. The van der Waals surface area contributed by atoms with Crippen LogP contribution in [0.5, 0.6) is 0 Å². The third-order valence-electron chi connectivity index (χ3n) is 0.840. The van der Waals surface area contributed by atoms with Gasteiger partial charge in [-0.15, -0.1) is 0 Å². The largest absolute Gasteiger partial charge is 0.322 e. The van der Waals surface area contributed by atoms with Gasteiger partial charge in [0.15, 0.2) is 0 Å².